The Morgan fingerprint density at radius 3 is 2.62 bits per heavy atom. The molecule has 0 aliphatic carbocycles. The number of carbonyl (C=O) groups is 1. The van der Waals surface area contributed by atoms with Crippen LogP contribution in [0.3, 0.4) is 0 Å². The molecule has 2 aromatic rings. The first kappa shape index (κ1) is 18.4. The van der Waals surface area contributed by atoms with Crippen LogP contribution in [0.15, 0.2) is 18.5 Å². The van der Waals surface area contributed by atoms with Gasteiger partial charge in [-0.25, -0.2) is 9.67 Å². The second kappa shape index (κ2) is 7.85. The molecule has 2 aromatic heterocycles. The first-order valence-corrected chi connectivity index (χ1v) is 9.32. The fourth-order valence-corrected chi connectivity index (χ4v) is 3.35. The van der Waals surface area contributed by atoms with E-state index in [1.165, 1.54) is 0 Å². The summed E-state index contributed by atoms with van der Waals surface area (Å²) in [6.45, 7) is 9.74. The Labute approximate surface area is 154 Å². The van der Waals surface area contributed by atoms with Gasteiger partial charge in [0.25, 0.3) is 0 Å². The summed E-state index contributed by atoms with van der Waals surface area (Å²) >= 11 is 0. The Morgan fingerprint density at radius 1 is 1.27 bits per heavy atom. The molecule has 26 heavy (non-hydrogen) atoms. The predicted molar refractivity (Wildman–Crippen MR) is 101 cm³/mol. The van der Waals surface area contributed by atoms with Gasteiger partial charge >= 0.3 is 0 Å². The number of rotatable bonds is 5. The third-order valence-electron chi connectivity index (χ3n) is 4.63. The molecule has 3 heterocycles. The van der Waals surface area contributed by atoms with Crippen LogP contribution in [0.1, 0.15) is 44.5 Å². The van der Waals surface area contributed by atoms with Crippen molar-refractivity contribution in [2.75, 3.05) is 18.4 Å². The minimum absolute atomic E-state index is 0.268. The Hall–Kier alpha value is -2.44. The van der Waals surface area contributed by atoms with Gasteiger partial charge in [-0.1, -0.05) is 13.8 Å². The molecular weight excluding hydrogens is 328 g/mol. The number of nitrogens with zero attached hydrogens (tertiary/aromatic N) is 5. The monoisotopic (exact) mass is 356 g/mol. The summed E-state index contributed by atoms with van der Waals surface area (Å²) < 4.78 is 1.81. The topological polar surface area (TPSA) is 75.9 Å². The summed E-state index contributed by atoms with van der Waals surface area (Å²) in [5.41, 5.74) is 1.99. The molecule has 3 rings (SSSR count). The highest BCUT2D eigenvalue weighted by atomic mass is 16.2. The molecule has 140 valence electrons. The maximum atomic E-state index is 12.2. The van der Waals surface area contributed by atoms with Crippen molar-refractivity contribution in [3.8, 4) is 5.82 Å². The molecule has 0 aromatic carbocycles. The molecule has 0 saturated carbocycles. The van der Waals surface area contributed by atoms with E-state index in [1.807, 2.05) is 24.8 Å². The molecule has 0 radical (unpaired) electrons. The summed E-state index contributed by atoms with van der Waals surface area (Å²) in [7, 11) is 0. The van der Waals surface area contributed by atoms with Gasteiger partial charge in [-0.3, -0.25) is 9.78 Å². The summed E-state index contributed by atoms with van der Waals surface area (Å²) in [5.74, 6) is 2.14. The third-order valence-corrected chi connectivity index (χ3v) is 4.63. The zero-order valence-electron chi connectivity index (χ0n) is 16.1. The van der Waals surface area contributed by atoms with Gasteiger partial charge in [0.15, 0.2) is 5.82 Å². The molecule has 1 N–H and O–H groups in total. The van der Waals surface area contributed by atoms with E-state index in [-0.39, 0.29) is 5.91 Å². The van der Waals surface area contributed by atoms with E-state index >= 15 is 0 Å². The smallest absolute Gasteiger partial charge is 0.222 e. The lowest BCUT2D eigenvalue weighted by Gasteiger charge is -2.33. The summed E-state index contributed by atoms with van der Waals surface area (Å²) in [6.07, 6.45) is 5.95. The molecule has 7 heteroatoms. The average molecular weight is 356 g/mol. The molecule has 0 atom stereocenters. The average Bonchev–Trinajstić information content (AvgIpc) is 2.93. The fraction of sp³-hybridized carbons (Fsp3) is 0.579. The molecule has 7 nitrogen and oxygen atoms in total. The Bertz CT molecular complexity index is 761. The molecule has 0 unspecified atom stereocenters. The molecule has 1 aliphatic heterocycles. The van der Waals surface area contributed by atoms with Crippen molar-refractivity contribution in [1.82, 2.24) is 24.6 Å². The minimum atomic E-state index is 0.268. The highest BCUT2D eigenvalue weighted by molar-refractivity contribution is 5.76. The molecule has 0 spiro atoms. The molecule has 0 bridgehead atoms. The van der Waals surface area contributed by atoms with E-state index in [1.54, 1.807) is 17.1 Å². The minimum Gasteiger partial charge on any atom is -0.366 e. The van der Waals surface area contributed by atoms with Crippen LogP contribution in [-0.4, -0.2) is 49.7 Å². The highest BCUT2D eigenvalue weighted by Crippen LogP contribution is 2.18. The number of piperidine rings is 1. The van der Waals surface area contributed by atoms with Crippen LogP contribution in [0.2, 0.25) is 0 Å². The van der Waals surface area contributed by atoms with Gasteiger partial charge in [-0.05, 0) is 38.7 Å². The summed E-state index contributed by atoms with van der Waals surface area (Å²) in [4.78, 5) is 23.1. The molecule has 1 amide bonds. The van der Waals surface area contributed by atoms with E-state index in [0.717, 1.165) is 43.1 Å². The molecular formula is C19H28N6O. The number of hydrogen-bond donors (Lipinski definition) is 1. The van der Waals surface area contributed by atoms with Crippen molar-refractivity contribution in [3.63, 3.8) is 0 Å². The van der Waals surface area contributed by atoms with Gasteiger partial charge in [-0.15, -0.1) is 0 Å². The fourth-order valence-electron chi connectivity index (χ4n) is 3.35. The van der Waals surface area contributed by atoms with Gasteiger partial charge in [0.2, 0.25) is 5.91 Å². The van der Waals surface area contributed by atoms with E-state index < -0.39 is 0 Å². The van der Waals surface area contributed by atoms with E-state index in [4.69, 9.17) is 0 Å². The first-order chi connectivity index (χ1) is 12.4. The highest BCUT2D eigenvalue weighted by Gasteiger charge is 2.23. The van der Waals surface area contributed by atoms with E-state index in [9.17, 15) is 4.79 Å². The Morgan fingerprint density at radius 2 is 2.00 bits per heavy atom. The maximum absolute atomic E-state index is 12.2. The number of amides is 1. The van der Waals surface area contributed by atoms with Crippen molar-refractivity contribution in [3.05, 3.63) is 29.8 Å². The lowest BCUT2D eigenvalue weighted by Crippen LogP contribution is -2.42. The number of likely N-dealkylation sites (tertiary alicyclic amines) is 1. The van der Waals surface area contributed by atoms with Crippen LogP contribution in [0.4, 0.5) is 5.82 Å². The normalized spacial score (nSPS) is 15.5. The second-order valence-electron chi connectivity index (χ2n) is 7.50. The number of aromatic nitrogens is 4. The zero-order chi connectivity index (χ0) is 18.7. The van der Waals surface area contributed by atoms with Crippen molar-refractivity contribution in [2.45, 2.75) is 53.0 Å². The summed E-state index contributed by atoms with van der Waals surface area (Å²) in [6, 6.07) is 2.33. The number of nitrogens with one attached hydrogen (secondary N) is 1. The second-order valence-corrected chi connectivity index (χ2v) is 7.50. The molecule has 1 aliphatic rings. The number of carbonyl (C=O) groups excluding carboxylic acids is 1. The molecule has 1 saturated heterocycles. The lowest BCUT2D eigenvalue weighted by atomic mass is 10.0. The van der Waals surface area contributed by atoms with Crippen LogP contribution in [0, 0.1) is 19.8 Å². The standard InChI is InChI=1S/C19H28N6O/c1-13(2)9-19(26)24-7-5-16(6-8-24)21-17-11-20-12-18(22-17)25-15(4)10-14(3)23-25/h10-13,16H,5-9H2,1-4H3,(H,21,22). The van der Waals surface area contributed by atoms with Crippen LogP contribution < -0.4 is 5.32 Å². The zero-order valence-corrected chi connectivity index (χ0v) is 16.1. The van der Waals surface area contributed by atoms with Gasteiger partial charge in [0.1, 0.15) is 5.82 Å². The van der Waals surface area contributed by atoms with Crippen molar-refractivity contribution in [1.29, 1.82) is 0 Å². The van der Waals surface area contributed by atoms with Crippen LogP contribution in [0.25, 0.3) is 5.82 Å². The van der Waals surface area contributed by atoms with Crippen LogP contribution in [0.5, 0.6) is 0 Å². The van der Waals surface area contributed by atoms with Crippen LogP contribution in [-0.2, 0) is 4.79 Å². The quantitative estimate of drug-likeness (QED) is 0.891. The lowest BCUT2D eigenvalue weighted by molar-refractivity contribution is -0.132. The SMILES string of the molecule is Cc1cc(C)n(-c2cncc(NC3CCN(C(=O)CC(C)C)CC3)n2)n1. The third kappa shape index (κ3) is 4.39. The predicted octanol–water partition coefficient (Wildman–Crippen LogP) is 2.73. The first-order valence-electron chi connectivity index (χ1n) is 9.32. The van der Waals surface area contributed by atoms with Crippen LogP contribution >= 0.6 is 0 Å². The Balaban J connectivity index is 1.60. The number of anilines is 1. The number of hydrogen-bond acceptors (Lipinski definition) is 5. The largest absolute Gasteiger partial charge is 0.366 e. The van der Waals surface area contributed by atoms with Crippen molar-refractivity contribution < 1.29 is 4.79 Å². The number of aryl methyl sites for hydroxylation is 2. The van der Waals surface area contributed by atoms with E-state index in [0.29, 0.717) is 24.2 Å². The summed E-state index contributed by atoms with van der Waals surface area (Å²) in [5, 5.41) is 7.93. The van der Waals surface area contributed by atoms with Gasteiger partial charge in [-0.2, -0.15) is 5.10 Å². The van der Waals surface area contributed by atoms with Gasteiger partial charge in [0.05, 0.1) is 18.1 Å². The Kier molecular flexibility index (Phi) is 5.54. The maximum Gasteiger partial charge on any atom is 0.222 e. The van der Waals surface area contributed by atoms with Crippen molar-refractivity contribution in [2.24, 2.45) is 5.92 Å². The van der Waals surface area contributed by atoms with Crippen molar-refractivity contribution >= 4 is 11.7 Å². The van der Waals surface area contributed by atoms with Gasteiger partial charge < -0.3 is 10.2 Å². The van der Waals surface area contributed by atoms with E-state index in [2.05, 4.69) is 34.2 Å². The molecule has 1 fully saturated rings. The van der Waals surface area contributed by atoms with Gasteiger partial charge in [0, 0.05) is 31.2 Å².